The summed E-state index contributed by atoms with van der Waals surface area (Å²) < 4.78 is 5.35. The summed E-state index contributed by atoms with van der Waals surface area (Å²) in [6, 6.07) is 7.14. The van der Waals surface area contributed by atoms with E-state index in [1.54, 1.807) is 19.2 Å². The number of phenols is 1. The molecule has 3 N–H and O–H groups in total. The molecule has 0 saturated carbocycles. The van der Waals surface area contributed by atoms with E-state index in [1.807, 2.05) is 18.2 Å². The van der Waals surface area contributed by atoms with Crippen LogP contribution in [-0.4, -0.2) is 65.5 Å². The highest BCUT2D eigenvalue weighted by Gasteiger charge is 2.53. The van der Waals surface area contributed by atoms with Crippen LogP contribution in [0.4, 0.5) is 0 Å². The van der Waals surface area contributed by atoms with Gasteiger partial charge in [0.05, 0.1) is 31.2 Å². The number of hydrogen-bond acceptors (Lipinski definition) is 6. The van der Waals surface area contributed by atoms with E-state index >= 15 is 0 Å². The highest BCUT2D eigenvalue weighted by molar-refractivity contribution is 6.05. The van der Waals surface area contributed by atoms with Crippen LogP contribution < -0.4 is 0 Å². The zero-order valence-electron chi connectivity index (χ0n) is 19.7. The number of imide groups is 1. The molecule has 7 nitrogen and oxygen atoms in total. The van der Waals surface area contributed by atoms with Crippen LogP contribution in [-0.2, 0) is 14.3 Å². The number of aliphatic hydroxyl groups excluding tert-OH is 2. The van der Waals surface area contributed by atoms with Crippen molar-refractivity contribution >= 4 is 17.9 Å². The van der Waals surface area contributed by atoms with Gasteiger partial charge in [-0.1, -0.05) is 43.2 Å². The number of carbonyl (C=O) groups is 2. The van der Waals surface area contributed by atoms with Gasteiger partial charge in [-0.3, -0.25) is 14.5 Å². The molecule has 33 heavy (non-hydrogen) atoms. The number of carbonyl (C=O) groups excluding carboxylic acids is 2. The Hall–Kier alpha value is -2.48. The van der Waals surface area contributed by atoms with Gasteiger partial charge in [-0.15, -0.1) is 0 Å². The largest absolute Gasteiger partial charge is 0.507 e. The van der Waals surface area contributed by atoms with Gasteiger partial charge < -0.3 is 20.1 Å². The van der Waals surface area contributed by atoms with Gasteiger partial charge in [-0.05, 0) is 42.9 Å². The number of amides is 2. The molecule has 3 rings (SSSR count). The molecule has 7 heteroatoms. The number of ether oxygens (including phenoxy) is 1. The van der Waals surface area contributed by atoms with Crippen molar-refractivity contribution < 1.29 is 29.6 Å². The maximum Gasteiger partial charge on any atom is 0.233 e. The van der Waals surface area contributed by atoms with Gasteiger partial charge in [0.2, 0.25) is 11.8 Å². The average molecular weight is 458 g/mol. The Morgan fingerprint density at radius 2 is 1.97 bits per heavy atom. The standard InChI is InChI=1S/C26H35NO6/c1-4-7-16(12-17-8-5-6-9-21(17)29)10-11-22(30)23-18(15-33-3)13-19-24(20(23)14-28)26(32)27(2)25(19)31/h5-6,8-9,12,19-20,22,24,28-30H,4,7,10-11,13-15H2,1-3H3/b16-12+/t19-,20+,22-,24-/m1/s1. The van der Waals surface area contributed by atoms with Crippen molar-refractivity contribution in [3.63, 3.8) is 0 Å². The van der Waals surface area contributed by atoms with Crippen molar-refractivity contribution in [3.8, 4) is 5.75 Å². The van der Waals surface area contributed by atoms with Crippen LogP contribution in [0.1, 0.15) is 44.6 Å². The molecule has 1 aliphatic carbocycles. The molecule has 0 aromatic heterocycles. The van der Waals surface area contributed by atoms with Gasteiger partial charge in [0.15, 0.2) is 0 Å². The van der Waals surface area contributed by atoms with E-state index in [1.165, 1.54) is 7.05 Å². The quantitative estimate of drug-likeness (QED) is 0.368. The van der Waals surface area contributed by atoms with E-state index in [2.05, 4.69) is 6.92 Å². The Labute approximate surface area is 195 Å². The van der Waals surface area contributed by atoms with Crippen LogP contribution in [0.5, 0.6) is 5.75 Å². The average Bonchev–Trinajstić information content (AvgIpc) is 3.02. The van der Waals surface area contributed by atoms with Crippen LogP contribution in [0.2, 0.25) is 0 Å². The Bertz CT molecular complexity index is 936. The fourth-order valence-electron chi connectivity index (χ4n) is 5.32. The van der Waals surface area contributed by atoms with Gasteiger partial charge in [-0.25, -0.2) is 0 Å². The van der Waals surface area contributed by atoms with Gasteiger partial charge in [0.1, 0.15) is 5.75 Å². The second kappa shape index (κ2) is 11.1. The van der Waals surface area contributed by atoms with Crippen molar-refractivity contribution in [2.75, 3.05) is 27.4 Å². The number of likely N-dealkylation sites (tertiary alicyclic amines) is 1. The molecule has 1 aromatic carbocycles. The molecule has 1 fully saturated rings. The number of nitrogens with zero attached hydrogens (tertiary/aromatic N) is 1. The van der Waals surface area contributed by atoms with Crippen LogP contribution in [0.15, 0.2) is 41.0 Å². The lowest BCUT2D eigenvalue weighted by molar-refractivity contribution is -0.138. The number of fused-ring (bicyclic) bond motifs is 1. The number of aromatic hydroxyl groups is 1. The van der Waals surface area contributed by atoms with Gasteiger partial charge in [0, 0.05) is 25.6 Å². The SMILES string of the molecule is CCC/C(=C\c1ccccc1O)CC[C@@H](O)C1=C(COC)C[C@H]2C(=O)N(C)C(=O)[C@H]2[C@H]1CO. The number of aliphatic hydroxyl groups is 2. The molecule has 180 valence electrons. The van der Waals surface area contributed by atoms with Gasteiger partial charge in [-0.2, -0.15) is 0 Å². The van der Waals surface area contributed by atoms with Crippen molar-refractivity contribution in [2.24, 2.45) is 17.8 Å². The molecule has 2 aliphatic rings. The second-order valence-corrected chi connectivity index (χ2v) is 9.02. The maximum absolute atomic E-state index is 12.8. The lowest BCUT2D eigenvalue weighted by atomic mass is 9.68. The highest BCUT2D eigenvalue weighted by atomic mass is 16.5. The molecule has 0 radical (unpaired) electrons. The van der Waals surface area contributed by atoms with E-state index in [4.69, 9.17) is 4.74 Å². The van der Waals surface area contributed by atoms with E-state index in [0.717, 1.165) is 34.5 Å². The molecule has 0 spiro atoms. The molecule has 4 atom stereocenters. The first-order valence-corrected chi connectivity index (χ1v) is 11.6. The van der Waals surface area contributed by atoms with E-state index in [-0.39, 0.29) is 30.8 Å². The molecular weight excluding hydrogens is 422 g/mol. The minimum Gasteiger partial charge on any atom is -0.507 e. The number of rotatable bonds is 10. The summed E-state index contributed by atoms with van der Waals surface area (Å²) in [6.45, 7) is 2.01. The van der Waals surface area contributed by atoms with Gasteiger partial charge >= 0.3 is 0 Å². The molecule has 0 bridgehead atoms. The molecule has 1 aliphatic heterocycles. The Kier molecular flexibility index (Phi) is 8.46. The third-order valence-electron chi connectivity index (χ3n) is 6.89. The van der Waals surface area contributed by atoms with E-state index in [9.17, 15) is 24.9 Å². The van der Waals surface area contributed by atoms with Gasteiger partial charge in [0.25, 0.3) is 0 Å². The number of hydrogen-bond donors (Lipinski definition) is 3. The Morgan fingerprint density at radius 1 is 1.24 bits per heavy atom. The maximum atomic E-state index is 12.8. The summed E-state index contributed by atoms with van der Waals surface area (Å²) in [7, 11) is 3.03. The summed E-state index contributed by atoms with van der Waals surface area (Å²) in [5, 5.41) is 31.6. The molecule has 1 saturated heterocycles. The third kappa shape index (κ3) is 5.21. The van der Waals surface area contributed by atoms with Crippen LogP contribution in [0.3, 0.4) is 0 Å². The number of para-hydroxylation sites is 1. The minimum atomic E-state index is -0.869. The summed E-state index contributed by atoms with van der Waals surface area (Å²) in [4.78, 5) is 26.5. The molecule has 2 amide bonds. The van der Waals surface area contributed by atoms with Crippen molar-refractivity contribution in [2.45, 2.75) is 45.1 Å². The fourth-order valence-corrected chi connectivity index (χ4v) is 5.32. The minimum absolute atomic E-state index is 0.212. The monoisotopic (exact) mass is 457 g/mol. The lowest BCUT2D eigenvalue weighted by Crippen LogP contribution is -2.39. The molecular formula is C26H35NO6. The van der Waals surface area contributed by atoms with E-state index < -0.39 is 23.9 Å². The summed E-state index contributed by atoms with van der Waals surface area (Å²) >= 11 is 0. The Balaban J connectivity index is 1.86. The predicted molar refractivity (Wildman–Crippen MR) is 125 cm³/mol. The predicted octanol–water partition coefficient (Wildman–Crippen LogP) is 2.90. The van der Waals surface area contributed by atoms with E-state index in [0.29, 0.717) is 24.8 Å². The first-order valence-electron chi connectivity index (χ1n) is 11.6. The molecule has 1 aromatic rings. The van der Waals surface area contributed by atoms with Crippen LogP contribution >= 0.6 is 0 Å². The van der Waals surface area contributed by atoms with Crippen LogP contribution in [0, 0.1) is 17.8 Å². The topological polar surface area (TPSA) is 107 Å². The normalized spacial score (nSPS) is 24.5. The first-order chi connectivity index (χ1) is 15.8. The number of phenolic OH excluding ortho intramolecular Hbond substituents is 1. The zero-order valence-corrected chi connectivity index (χ0v) is 19.7. The fraction of sp³-hybridized carbons (Fsp3) is 0.538. The van der Waals surface area contributed by atoms with Crippen LogP contribution in [0.25, 0.3) is 6.08 Å². The van der Waals surface area contributed by atoms with Crippen molar-refractivity contribution in [1.82, 2.24) is 4.90 Å². The molecule has 1 heterocycles. The number of methoxy groups -OCH3 is 1. The lowest BCUT2D eigenvalue weighted by Gasteiger charge is -2.36. The summed E-state index contributed by atoms with van der Waals surface area (Å²) in [6.07, 6.45) is 4.22. The number of allylic oxidation sites excluding steroid dienone is 1. The van der Waals surface area contributed by atoms with Crippen molar-refractivity contribution in [1.29, 1.82) is 0 Å². The molecule has 0 unspecified atom stereocenters. The highest BCUT2D eigenvalue weighted by Crippen LogP contribution is 2.46. The Morgan fingerprint density at radius 3 is 2.61 bits per heavy atom. The second-order valence-electron chi connectivity index (χ2n) is 9.02. The summed E-state index contributed by atoms with van der Waals surface area (Å²) in [5.41, 5.74) is 3.27. The zero-order chi connectivity index (χ0) is 24.1. The smallest absolute Gasteiger partial charge is 0.233 e. The summed E-state index contributed by atoms with van der Waals surface area (Å²) in [5.74, 6) is -2.09. The number of benzene rings is 1. The van der Waals surface area contributed by atoms with Crippen molar-refractivity contribution in [3.05, 3.63) is 46.5 Å². The third-order valence-corrected chi connectivity index (χ3v) is 6.89. The first kappa shape index (κ1) is 25.1.